The number of likely N-dealkylation sites (tertiary alicyclic amines) is 1. The minimum atomic E-state index is -3.89. The fourth-order valence-corrected chi connectivity index (χ4v) is 5.60. The number of carbonyl (C=O) groups excluding carboxylic acids is 2. The largest absolute Gasteiger partial charge is 0.480 e. The van der Waals surface area contributed by atoms with Gasteiger partial charge in [0, 0.05) is 19.0 Å². The summed E-state index contributed by atoms with van der Waals surface area (Å²) in [6.45, 7) is 8.26. The van der Waals surface area contributed by atoms with Crippen molar-refractivity contribution in [2.45, 2.75) is 89.6 Å². The number of hydrogen-bond donors (Lipinski definition) is 3. The maximum absolute atomic E-state index is 13.4. The third kappa shape index (κ3) is 8.30. The third-order valence-electron chi connectivity index (χ3n) is 6.98. The highest BCUT2D eigenvalue weighted by molar-refractivity contribution is 7.89. The quantitative estimate of drug-likeness (QED) is 0.340. The van der Waals surface area contributed by atoms with Gasteiger partial charge >= 0.3 is 5.97 Å². The first-order valence-electron chi connectivity index (χ1n) is 12.9. The van der Waals surface area contributed by atoms with Gasteiger partial charge in [-0.2, -0.15) is 4.72 Å². The Kier molecular flexibility index (Phi) is 11.4. The summed E-state index contributed by atoms with van der Waals surface area (Å²) >= 11 is 0. The summed E-state index contributed by atoms with van der Waals surface area (Å²) in [4.78, 5) is 39.3. The highest BCUT2D eigenvalue weighted by atomic mass is 32.2. The molecule has 0 saturated carbocycles. The van der Waals surface area contributed by atoms with Crippen LogP contribution in [0.3, 0.4) is 0 Å². The van der Waals surface area contributed by atoms with E-state index in [1.165, 1.54) is 12.1 Å². The van der Waals surface area contributed by atoms with Gasteiger partial charge in [-0.25, -0.2) is 13.2 Å². The van der Waals surface area contributed by atoms with E-state index in [2.05, 4.69) is 10.0 Å². The summed E-state index contributed by atoms with van der Waals surface area (Å²) in [5.74, 6) is -2.25. The summed E-state index contributed by atoms with van der Waals surface area (Å²) in [5.41, 5.74) is 0.936. The van der Waals surface area contributed by atoms with Gasteiger partial charge in [-0.3, -0.25) is 9.59 Å². The second kappa shape index (κ2) is 13.7. The van der Waals surface area contributed by atoms with Crippen molar-refractivity contribution >= 4 is 27.8 Å². The summed E-state index contributed by atoms with van der Waals surface area (Å²) in [7, 11) is -3.89. The molecule has 3 N–H and O–H groups in total. The van der Waals surface area contributed by atoms with E-state index in [0.717, 1.165) is 24.8 Å². The summed E-state index contributed by atoms with van der Waals surface area (Å²) in [6, 6.07) is 4.64. The molecule has 0 aromatic heterocycles. The number of carbonyl (C=O) groups is 3. The molecule has 10 heteroatoms. The molecule has 1 heterocycles. The molecule has 1 aromatic carbocycles. The molecule has 0 aliphatic carbocycles. The average Bonchev–Trinajstić information content (AvgIpc) is 2.86. The summed E-state index contributed by atoms with van der Waals surface area (Å²) in [5, 5.41) is 12.1. The number of carboxylic acids is 1. The van der Waals surface area contributed by atoms with Crippen molar-refractivity contribution < 1.29 is 27.9 Å². The molecule has 9 nitrogen and oxygen atoms in total. The van der Waals surface area contributed by atoms with Crippen LogP contribution >= 0.6 is 0 Å². The lowest BCUT2D eigenvalue weighted by Crippen LogP contribution is -2.54. The van der Waals surface area contributed by atoms with Crippen LogP contribution in [0.15, 0.2) is 29.2 Å². The van der Waals surface area contributed by atoms with Crippen molar-refractivity contribution in [3.63, 3.8) is 0 Å². The lowest BCUT2D eigenvalue weighted by Gasteiger charge is -2.35. The Bertz CT molecular complexity index is 987. The number of unbranched alkanes of at least 4 members (excludes halogenated alkanes) is 2. The zero-order chi connectivity index (χ0) is 26.9. The smallest absolute Gasteiger partial charge is 0.326 e. The number of aryl methyl sites for hydroxylation is 1. The number of nitrogens with zero attached hydrogens (tertiary/aromatic N) is 1. The van der Waals surface area contributed by atoms with Gasteiger partial charge in [0.2, 0.25) is 21.8 Å². The molecule has 0 spiro atoms. The first-order chi connectivity index (χ1) is 17.0. The van der Waals surface area contributed by atoms with Crippen molar-refractivity contribution in [3.05, 3.63) is 29.8 Å². The maximum atomic E-state index is 13.4. The molecule has 1 aliphatic rings. The van der Waals surface area contributed by atoms with Crippen LogP contribution in [0.4, 0.5) is 0 Å². The van der Waals surface area contributed by atoms with Gasteiger partial charge in [-0.1, -0.05) is 64.2 Å². The van der Waals surface area contributed by atoms with Crippen LogP contribution in [-0.2, 0) is 24.4 Å². The first kappa shape index (κ1) is 29.8. The fraction of sp³-hybridized carbons (Fsp3) is 0.654. The number of aliphatic carboxylic acids is 1. The maximum Gasteiger partial charge on any atom is 0.326 e. The van der Waals surface area contributed by atoms with Crippen LogP contribution in [0.5, 0.6) is 0 Å². The topological polar surface area (TPSA) is 133 Å². The Hall–Kier alpha value is -2.46. The molecule has 1 saturated heterocycles. The van der Waals surface area contributed by atoms with Gasteiger partial charge in [-0.05, 0) is 44.2 Å². The Morgan fingerprint density at radius 2 is 1.69 bits per heavy atom. The highest BCUT2D eigenvalue weighted by Gasteiger charge is 2.36. The van der Waals surface area contributed by atoms with E-state index in [9.17, 15) is 27.9 Å². The molecule has 2 amide bonds. The zero-order valence-electron chi connectivity index (χ0n) is 21.8. The second-order valence-corrected chi connectivity index (χ2v) is 11.5. The van der Waals surface area contributed by atoms with E-state index in [1.54, 1.807) is 17.0 Å². The van der Waals surface area contributed by atoms with Crippen LogP contribution in [0, 0.1) is 18.8 Å². The third-order valence-corrected chi connectivity index (χ3v) is 8.44. The van der Waals surface area contributed by atoms with E-state index in [1.807, 2.05) is 27.7 Å². The number of sulfonamides is 1. The van der Waals surface area contributed by atoms with E-state index in [-0.39, 0.29) is 28.5 Å². The molecule has 1 aromatic rings. The molecule has 36 heavy (non-hydrogen) atoms. The van der Waals surface area contributed by atoms with Gasteiger partial charge < -0.3 is 15.3 Å². The minimum Gasteiger partial charge on any atom is -0.480 e. The van der Waals surface area contributed by atoms with E-state index < -0.39 is 28.1 Å². The molecule has 202 valence electrons. The first-order valence-corrected chi connectivity index (χ1v) is 14.4. The van der Waals surface area contributed by atoms with Crippen LogP contribution in [0.25, 0.3) is 0 Å². The van der Waals surface area contributed by atoms with E-state index in [4.69, 9.17) is 0 Å². The number of hydrogen-bond acceptors (Lipinski definition) is 5. The van der Waals surface area contributed by atoms with Gasteiger partial charge in [0.15, 0.2) is 0 Å². The molecular weight excluding hydrogens is 482 g/mol. The second-order valence-electron chi connectivity index (χ2n) is 9.79. The van der Waals surface area contributed by atoms with Gasteiger partial charge in [0.05, 0.1) is 4.90 Å². The zero-order valence-corrected chi connectivity index (χ0v) is 22.6. The van der Waals surface area contributed by atoms with Crippen molar-refractivity contribution in [1.29, 1.82) is 0 Å². The fourth-order valence-electron chi connectivity index (χ4n) is 4.30. The Labute approximate surface area is 215 Å². The number of rotatable bonds is 13. The molecule has 1 fully saturated rings. The summed E-state index contributed by atoms with van der Waals surface area (Å²) < 4.78 is 28.6. The van der Waals surface area contributed by atoms with Gasteiger partial charge in [-0.15, -0.1) is 0 Å². The van der Waals surface area contributed by atoms with Crippen LogP contribution in [0.2, 0.25) is 0 Å². The SMILES string of the molecule is CCCCC[C@H](NC(=O)C1CCN(C(=O)[C@@H](NS(=O)(=O)c2ccc(C)cc2)[C@H](C)CC)CC1)C(=O)O. The van der Waals surface area contributed by atoms with Crippen LogP contribution in [0.1, 0.15) is 71.3 Å². The molecule has 3 atom stereocenters. The predicted molar refractivity (Wildman–Crippen MR) is 138 cm³/mol. The van der Waals surface area contributed by atoms with Gasteiger partial charge in [0.25, 0.3) is 0 Å². The van der Waals surface area contributed by atoms with Gasteiger partial charge in [0.1, 0.15) is 12.1 Å². The lowest BCUT2D eigenvalue weighted by atomic mass is 9.93. The minimum absolute atomic E-state index is 0.108. The number of piperidine rings is 1. The van der Waals surface area contributed by atoms with Crippen molar-refractivity contribution in [3.8, 4) is 0 Å². The van der Waals surface area contributed by atoms with E-state index >= 15 is 0 Å². The highest BCUT2D eigenvalue weighted by Crippen LogP contribution is 2.22. The molecule has 0 bridgehead atoms. The lowest BCUT2D eigenvalue weighted by molar-refractivity contribution is -0.143. The molecule has 1 aliphatic heterocycles. The average molecular weight is 524 g/mol. The van der Waals surface area contributed by atoms with Crippen molar-refractivity contribution in [2.75, 3.05) is 13.1 Å². The Balaban J connectivity index is 2.01. The number of carboxylic acid groups (broad SMARTS) is 1. The molecule has 2 rings (SSSR count). The standard InChI is InChI=1S/C26H41N3O6S/c1-5-7-8-9-22(26(32)33)27-24(30)20-14-16-29(17-15-20)25(31)23(19(4)6-2)28-36(34,35)21-12-10-18(3)11-13-21/h10-13,19-20,22-23,28H,5-9,14-17H2,1-4H3,(H,27,30)(H,32,33)/t19-,22+,23+/m1/s1. The van der Waals surface area contributed by atoms with Crippen molar-refractivity contribution in [1.82, 2.24) is 14.9 Å². The molecule has 0 radical (unpaired) electrons. The number of nitrogens with one attached hydrogen (secondary N) is 2. The Morgan fingerprint density at radius 1 is 1.08 bits per heavy atom. The van der Waals surface area contributed by atoms with E-state index in [0.29, 0.717) is 38.8 Å². The van der Waals surface area contributed by atoms with Crippen LogP contribution in [-0.4, -0.2) is 61.4 Å². The number of benzene rings is 1. The predicted octanol–water partition coefficient (Wildman–Crippen LogP) is 3.08. The number of amides is 2. The monoisotopic (exact) mass is 523 g/mol. The summed E-state index contributed by atoms with van der Waals surface area (Å²) in [6.07, 6.45) is 4.41. The Morgan fingerprint density at radius 3 is 2.22 bits per heavy atom. The van der Waals surface area contributed by atoms with Crippen molar-refractivity contribution in [2.24, 2.45) is 11.8 Å². The normalized spacial score (nSPS) is 17.3. The van der Waals surface area contributed by atoms with Crippen LogP contribution < -0.4 is 10.0 Å². The molecule has 0 unspecified atom stereocenters. The molecular formula is C26H41N3O6S.